The van der Waals surface area contributed by atoms with Gasteiger partial charge in [-0.25, -0.2) is 0 Å². The molecule has 0 bridgehead atoms. The van der Waals surface area contributed by atoms with E-state index in [1.54, 1.807) is 7.05 Å². The van der Waals surface area contributed by atoms with Crippen LogP contribution in [0.25, 0.3) is 0 Å². The summed E-state index contributed by atoms with van der Waals surface area (Å²) in [6.45, 7) is 5.73. The normalized spacial score (nSPS) is 10.1. The van der Waals surface area contributed by atoms with Crippen LogP contribution in [-0.4, -0.2) is 30.1 Å². The summed E-state index contributed by atoms with van der Waals surface area (Å²) >= 11 is 0. The zero-order valence-electron chi connectivity index (χ0n) is 9.41. The van der Waals surface area contributed by atoms with E-state index in [-0.39, 0.29) is 0 Å². The number of nitrogen functional groups attached to an aromatic ring is 2. The molecule has 0 aromatic carbocycles. The van der Waals surface area contributed by atoms with Crippen molar-refractivity contribution in [3.05, 3.63) is 0 Å². The van der Waals surface area contributed by atoms with Crippen LogP contribution in [0.1, 0.15) is 13.8 Å². The second-order valence-corrected chi connectivity index (χ2v) is 3.09. The SMILES string of the molecule is CCN(CC)c1c(N)nc(NC)nc1N. The van der Waals surface area contributed by atoms with Crippen LogP contribution < -0.4 is 21.7 Å². The zero-order chi connectivity index (χ0) is 11.4. The van der Waals surface area contributed by atoms with Gasteiger partial charge in [0.15, 0.2) is 11.6 Å². The van der Waals surface area contributed by atoms with Gasteiger partial charge in [0.2, 0.25) is 5.95 Å². The van der Waals surface area contributed by atoms with Gasteiger partial charge in [0, 0.05) is 20.1 Å². The summed E-state index contributed by atoms with van der Waals surface area (Å²) in [6.07, 6.45) is 0. The van der Waals surface area contributed by atoms with Crippen LogP contribution in [-0.2, 0) is 0 Å². The van der Waals surface area contributed by atoms with Gasteiger partial charge in [-0.05, 0) is 13.8 Å². The third kappa shape index (κ3) is 2.20. The van der Waals surface area contributed by atoms with Crippen molar-refractivity contribution in [3.8, 4) is 0 Å². The predicted molar refractivity (Wildman–Crippen MR) is 64.0 cm³/mol. The van der Waals surface area contributed by atoms with Crippen molar-refractivity contribution in [1.82, 2.24) is 9.97 Å². The Morgan fingerprint density at radius 2 is 1.60 bits per heavy atom. The van der Waals surface area contributed by atoms with Crippen LogP contribution in [0.5, 0.6) is 0 Å². The lowest BCUT2D eigenvalue weighted by Crippen LogP contribution is -2.25. The number of hydrogen-bond donors (Lipinski definition) is 3. The fraction of sp³-hybridized carbons (Fsp3) is 0.556. The zero-order valence-corrected chi connectivity index (χ0v) is 9.41. The van der Waals surface area contributed by atoms with Gasteiger partial charge >= 0.3 is 0 Å². The molecule has 0 aliphatic carbocycles. The van der Waals surface area contributed by atoms with Crippen molar-refractivity contribution in [1.29, 1.82) is 0 Å². The number of anilines is 4. The van der Waals surface area contributed by atoms with E-state index in [0.717, 1.165) is 18.8 Å². The summed E-state index contributed by atoms with van der Waals surface area (Å²) in [5.74, 6) is 1.27. The van der Waals surface area contributed by atoms with Crippen LogP contribution in [0.4, 0.5) is 23.3 Å². The highest BCUT2D eigenvalue weighted by Crippen LogP contribution is 2.27. The number of rotatable bonds is 4. The highest BCUT2D eigenvalue weighted by Gasteiger charge is 2.14. The molecule has 0 aliphatic rings. The Kier molecular flexibility index (Phi) is 3.54. The van der Waals surface area contributed by atoms with Gasteiger partial charge in [0.25, 0.3) is 0 Å². The molecule has 1 heterocycles. The topological polar surface area (TPSA) is 93.1 Å². The second-order valence-electron chi connectivity index (χ2n) is 3.09. The number of aromatic nitrogens is 2. The summed E-state index contributed by atoms with van der Waals surface area (Å²) in [5.41, 5.74) is 12.4. The standard InChI is InChI=1S/C9H18N6/c1-4-15(5-2)6-7(10)13-9(12-3)14-8(6)11/h4-5H2,1-3H3,(H5,10,11,12,13,14). The molecule has 0 radical (unpaired) electrons. The highest BCUT2D eigenvalue weighted by atomic mass is 15.2. The van der Waals surface area contributed by atoms with Crippen molar-refractivity contribution < 1.29 is 0 Å². The van der Waals surface area contributed by atoms with Crippen LogP contribution in [0, 0.1) is 0 Å². The Bertz CT molecular complexity index is 310. The van der Waals surface area contributed by atoms with Crippen LogP contribution in [0.3, 0.4) is 0 Å². The molecule has 84 valence electrons. The first-order valence-corrected chi connectivity index (χ1v) is 4.99. The van der Waals surface area contributed by atoms with Crippen molar-refractivity contribution >= 4 is 23.3 Å². The van der Waals surface area contributed by atoms with Gasteiger partial charge < -0.3 is 21.7 Å². The first kappa shape index (κ1) is 11.4. The molecule has 6 nitrogen and oxygen atoms in total. The first-order valence-electron chi connectivity index (χ1n) is 4.99. The lowest BCUT2D eigenvalue weighted by Gasteiger charge is -2.23. The Hall–Kier alpha value is -1.72. The molecule has 0 unspecified atom stereocenters. The maximum atomic E-state index is 5.84. The minimum absolute atomic E-state index is 0.413. The van der Waals surface area contributed by atoms with E-state index < -0.39 is 0 Å². The van der Waals surface area contributed by atoms with E-state index in [1.165, 1.54) is 0 Å². The molecule has 0 spiro atoms. The third-order valence-corrected chi connectivity index (χ3v) is 2.24. The quantitative estimate of drug-likeness (QED) is 0.671. The first-order chi connectivity index (χ1) is 7.13. The van der Waals surface area contributed by atoms with Gasteiger partial charge in [0.05, 0.1) is 0 Å². The number of hydrogen-bond acceptors (Lipinski definition) is 6. The van der Waals surface area contributed by atoms with Gasteiger partial charge in [-0.15, -0.1) is 0 Å². The summed E-state index contributed by atoms with van der Waals surface area (Å²) in [4.78, 5) is 10.2. The summed E-state index contributed by atoms with van der Waals surface area (Å²) in [7, 11) is 1.73. The van der Waals surface area contributed by atoms with E-state index >= 15 is 0 Å². The average Bonchev–Trinajstić information content (AvgIpc) is 2.23. The molecule has 0 saturated heterocycles. The van der Waals surface area contributed by atoms with Gasteiger partial charge in [0.1, 0.15) is 5.69 Å². The lowest BCUT2D eigenvalue weighted by molar-refractivity contribution is 0.862. The number of nitrogens with zero attached hydrogens (tertiary/aromatic N) is 3. The molecular formula is C9H18N6. The average molecular weight is 210 g/mol. The number of nitrogens with one attached hydrogen (secondary N) is 1. The van der Waals surface area contributed by atoms with Crippen molar-refractivity contribution in [2.75, 3.05) is 41.8 Å². The maximum absolute atomic E-state index is 5.84. The molecular weight excluding hydrogens is 192 g/mol. The van der Waals surface area contributed by atoms with E-state index in [4.69, 9.17) is 11.5 Å². The Balaban J connectivity index is 3.18. The summed E-state index contributed by atoms with van der Waals surface area (Å²) < 4.78 is 0. The molecule has 1 aromatic heterocycles. The van der Waals surface area contributed by atoms with Crippen molar-refractivity contribution in [2.24, 2.45) is 0 Å². The Morgan fingerprint density at radius 1 is 1.13 bits per heavy atom. The van der Waals surface area contributed by atoms with Crippen molar-refractivity contribution in [3.63, 3.8) is 0 Å². The molecule has 5 N–H and O–H groups in total. The fourth-order valence-electron chi connectivity index (χ4n) is 1.47. The molecule has 0 atom stereocenters. The van der Waals surface area contributed by atoms with E-state index in [1.807, 2.05) is 18.7 Å². The van der Waals surface area contributed by atoms with Gasteiger partial charge in [-0.2, -0.15) is 9.97 Å². The monoisotopic (exact) mass is 210 g/mol. The van der Waals surface area contributed by atoms with E-state index in [2.05, 4.69) is 15.3 Å². The minimum Gasteiger partial charge on any atom is -0.382 e. The molecule has 15 heavy (non-hydrogen) atoms. The molecule has 0 amide bonds. The molecule has 1 aromatic rings. The van der Waals surface area contributed by atoms with Gasteiger partial charge in [-0.3, -0.25) is 0 Å². The Labute approximate surface area is 89.7 Å². The predicted octanol–water partition coefficient (Wildman–Crippen LogP) is 0.529. The molecule has 0 fully saturated rings. The lowest BCUT2D eigenvalue weighted by atomic mass is 10.3. The van der Waals surface area contributed by atoms with E-state index in [9.17, 15) is 0 Å². The maximum Gasteiger partial charge on any atom is 0.226 e. The highest BCUT2D eigenvalue weighted by molar-refractivity contribution is 5.76. The van der Waals surface area contributed by atoms with Crippen molar-refractivity contribution in [2.45, 2.75) is 13.8 Å². The largest absolute Gasteiger partial charge is 0.382 e. The summed E-state index contributed by atoms with van der Waals surface area (Å²) in [6, 6.07) is 0. The number of nitrogens with two attached hydrogens (primary N) is 2. The van der Waals surface area contributed by atoms with Crippen LogP contribution in [0.15, 0.2) is 0 Å². The molecule has 6 heteroatoms. The second kappa shape index (κ2) is 4.68. The van der Waals surface area contributed by atoms with Crippen LogP contribution >= 0.6 is 0 Å². The van der Waals surface area contributed by atoms with Crippen LogP contribution in [0.2, 0.25) is 0 Å². The summed E-state index contributed by atoms with van der Waals surface area (Å²) in [5, 5.41) is 2.81. The molecule has 0 saturated carbocycles. The fourth-order valence-corrected chi connectivity index (χ4v) is 1.47. The minimum atomic E-state index is 0.413. The van der Waals surface area contributed by atoms with Gasteiger partial charge in [-0.1, -0.05) is 0 Å². The van der Waals surface area contributed by atoms with E-state index in [0.29, 0.717) is 17.6 Å². The third-order valence-electron chi connectivity index (χ3n) is 2.24. The smallest absolute Gasteiger partial charge is 0.226 e. The molecule has 1 rings (SSSR count). The Morgan fingerprint density at radius 3 is 1.93 bits per heavy atom. The molecule has 0 aliphatic heterocycles.